The van der Waals surface area contributed by atoms with Crippen LogP contribution in [0.5, 0.6) is 0 Å². The topological polar surface area (TPSA) is 78.9 Å². The molecule has 0 fully saturated rings. The summed E-state index contributed by atoms with van der Waals surface area (Å²) in [7, 11) is 0. The number of carbonyl (C=O) groups is 3. The highest BCUT2D eigenvalue weighted by atomic mass is 16.6. The molecule has 0 saturated heterocycles. The smallest absolute Gasteiger partial charge is 0.306 e. The number of carbonyl (C=O) groups excluding carboxylic acids is 3. The van der Waals surface area contributed by atoms with Gasteiger partial charge in [0.05, 0.1) is 0 Å². The highest BCUT2D eigenvalue weighted by Crippen LogP contribution is 2.19. The van der Waals surface area contributed by atoms with Crippen LogP contribution in [0.3, 0.4) is 0 Å². The molecule has 0 spiro atoms. The van der Waals surface area contributed by atoms with Gasteiger partial charge in [0.15, 0.2) is 6.10 Å². The van der Waals surface area contributed by atoms with Gasteiger partial charge in [-0.05, 0) is 77.0 Å². The van der Waals surface area contributed by atoms with Crippen molar-refractivity contribution in [2.24, 2.45) is 0 Å². The van der Waals surface area contributed by atoms with Crippen LogP contribution in [0.1, 0.15) is 406 Å². The Balaban J connectivity index is 4.18. The number of unbranched alkanes of at least 4 members (excludes halogenated alkanes) is 50. The Kier molecular flexibility index (Phi) is 69.6. The predicted octanol–water partition coefficient (Wildman–Crippen LogP) is 25.7. The second-order valence-corrected chi connectivity index (χ2v) is 25.2. The van der Waals surface area contributed by atoms with E-state index in [-0.39, 0.29) is 31.1 Å². The van der Waals surface area contributed by atoms with Gasteiger partial charge in [0.2, 0.25) is 0 Å². The van der Waals surface area contributed by atoms with E-state index in [1.165, 1.54) is 270 Å². The summed E-state index contributed by atoms with van der Waals surface area (Å²) in [6.45, 7) is 6.59. The van der Waals surface area contributed by atoms with Crippen LogP contribution in [0.4, 0.5) is 0 Å². The van der Waals surface area contributed by atoms with Crippen molar-refractivity contribution < 1.29 is 28.6 Å². The van der Waals surface area contributed by atoms with Crippen molar-refractivity contribution in [1.29, 1.82) is 0 Å². The monoisotopic (exact) mass is 1160 g/mol. The zero-order valence-corrected chi connectivity index (χ0v) is 56.0. The molecular formula is C77H142O6. The molecule has 0 aliphatic carbocycles. The highest BCUT2D eigenvalue weighted by Gasteiger charge is 2.19. The van der Waals surface area contributed by atoms with E-state index >= 15 is 0 Å². The average Bonchev–Trinajstić information content (AvgIpc) is 3.50. The van der Waals surface area contributed by atoms with Crippen LogP contribution >= 0.6 is 0 Å². The largest absolute Gasteiger partial charge is 0.462 e. The van der Waals surface area contributed by atoms with Crippen LogP contribution in [-0.4, -0.2) is 37.2 Å². The Hall–Kier alpha value is -2.63. The van der Waals surface area contributed by atoms with E-state index in [1.54, 1.807) is 0 Å². The molecule has 486 valence electrons. The van der Waals surface area contributed by atoms with Gasteiger partial charge in [0, 0.05) is 19.3 Å². The number of ether oxygens (including phenoxy) is 3. The molecule has 0 aromatic carbocycles. The quantitative estimate of drug-likeness (QED) is 0.0261. The fourth-order valence-electron chi connectivity index (χ4n) is 11.3. The summed E-state index contributed by atoms with van der Waals surface area (Å²) in [5, 5.41) is 0. The zero-order chi connectivity index (χ0) is 59.9. The SMILES string of the molecule is CC/C=C\C/C=C\C/C=C\CCCCCCCC(=O)OCC(COC(=O)CCCCCCCCCCCCCCCCCCCCC/C=C\CCCCCCCCCC)OC(=O)CCCCCCCCCCCCCCCCCCCCC. The first-order chi connectivity index (χ1) is 41.0. The van der Waals surface area contributed by atoms with E-state index in [0.717, 1.165) is 96.3 Å². The van der Waals surface area contributed by atoms with E-state index in [1.807, 2.05) is 0 Å². The Morgan fingerprint density at radius 2 is 0.470 bits per heavy atom. The summed E-state index contributed by atoms with van der Waals surface area (Å²) < 4.78 is 17.0. The van der Waals surface area contributed by atoms with Crippen molar-refractivity contribution in [2.45, 2.75) is 412 Å². The normalized spacial score (nSPS) is 12.3. The number of hydrogen-bond donors (Lipinski definition) is 0. The van der Waals surface area contributed by atoms with E-state index < -0.39 is 6.10 Å². The van der Waals surface area contributed by atoms with Crippen LogP contribution in [0.15, 0.2) is 48.6 Å². The van der Waals surface area contributed by atoms with Gasteiger partial charge in [-0.2, -0.15) is 0 Å². The summed E-state index contributed by atoms with van der Waals surface area (Å²) in [4.78, 5) is 38.5. The third-order valence-electron chi connectivity index (χ3n) is 16.8. The van der Waals surface area contributed by atoms with E-state index in [2.05, 4.69) is 69.4 Å². The van der Waals surface area contributed by atoms with Crippen molar-refractivity contribution >= 4 is 17.9 Å². The lowest BCUT2D eigenvalue weighted by atomic mass is 10.0. The van der Waals surface area contributed by atoms with Gasteiger partial charge in [-0.25, -0.2) is 0 Å². The van der Waals surface area contributed by atoms with E-state index in [0.29, 0.717) is 19.3 Å². The standard InChI is InChI=1S/C77H142O6/c1-4-7-10-13-16-19-22-25-28-30-32-33-34-35-36-37-38-39-40-41-42-43-45-46-49-52-55-58-61-64-67-70-76(79)82-73-74(72-81-75(78)69-66-63-60-57-54-51-48-27-24-21-18-15-12-9-6-3)83-77(80)71-68-65-62-59-56-53-50-47-44-31-29-26-23-20-17-14-11-8-5-2/h9,12,18,21,27,30,32,48,74H,4-8,10-11,13-17,19-20,22-26,28-29,31,33-47,49-73H2,1-3H3/b12-9-,21-18-,32-30-,48-27-. The fourth-order valence-corrected chi connectivity index (χ4v) is 11.3. The van der Waals surface area contributed by atoms with Crippen LogP contribution in [0.2, 0.25) is 0 Å². The third kappa shape index (κ3) is 70.0. The second kappa shape index (κ2) is 71.8. The molecule has 0 rings (SSSR count). The number of allylic oxidation sites excluding steroid dienone is 8. The lowest BCUT2D eigenvalue weighted by Gasteiger charge is -2.18. The number of esters is 3. The van der Waals surface area contributed by atoms with Crippen LogP contribution in [0.25, 0.3) is 0 Å². The average molecular weight is 1160 g/mol. The maximum atomic E-state index is 13.0. The first-order valence-corrected chi connectivity index (χ1v) is 37.1. The first kappa shape index (κ1) is 80.4. The molecule has 0 radical (unpaired) electrons. The minimum absolute atomic E-state index is 0.0733. The van der Waals surface area contributed by atoms with Gasteiger partial charge in [0.25, 0.3) is 0 Å². The minimum Gasteiger partial charge on any atom is -0.462 e. The van der Waals surface area contributed by atoms with Gasteiger partial charge in [0.1, 0.15) is 13.2 Å². The molecule has 0 saturated carbocycles. The van der Waals surface area contributed by atoms with Crippen molar-refractivity contribution in [2.75, 3.05) is 13.2 Å². The molecule has 0 aliphatic rings. The van der Waals surface area contributed by atoms with Gasteiger partial charge in [-0.15, -0.1) is 0 Å². The first-order valence-electron chi connectivity index (χ1n) is 37.1. The Morgan fingerprint density at radius 3 is 0.747 bits per heavy atom. The molecule has 1 atom stereocenters. The summed E-state index contributed by atoms with van der Waals surface area (Å²) in [5.74, 6) is -0.861. The molecule has 0 amide bonds. The highest BCUT2D eigenvalue weighted by molar-refractivity contribution is 5.71. The molecule has 0 bridgehead atoms. The molecular weight excluding hydrogens is 1020 g/mol. The van der Waals surface area contributed by atoms with Crippen LogP contribution in [0, 0.1) is 0 Å². The number of rotatable bonds is 69. The van der Waals surface area contributed by atoms with E-state index in [9.17, 15) is 14.4 Å². The van der Waals surface area contributed by atoms with Crippen molar-refractivity contribution in [3.05, 3.63) is 48.6 Å². The summed E-state index contributed by atoms with van der Waals surface area (Å²) in [6.07, 6.45) is 91.6. The molecule has 6 heteroatoms. The summed E-state index contributed by atoms with van der Waals surface area (Å²) >= 11 is 0. The molecule has 1 unspecified atom stereocenters. The lowest BCUT2D eigenvalue weighted by Crippen LogP contribution is -2.30. The summed E-state index contributed by atoms with van der Waals surface area (Å²) in [6, 6.07) is 0. The van der Waals surface area contributed by atoms with Crippen molar-refractivity contribution in [3.8, 4) is 0 Å². The molecule has 0 heterocycles. The molecule has 6 nitrogen and oxygen atoms in total. The van der Waals surface area contributed by atoms with Gasteiger partial charge in [-0.3, -0.25) is 14.4 Å². The van der Waals surface area contributed by atoms with Crippen LogP contribution in [-0.2, 0) is 28.6 Å². The molecule has 83 heavy (non-hydrogen) atoms. The third-order valence-corrected chi connectivity index (χ3v) is 16.8. The van der Waals surface area contributed by atoms with Gasteiger partial charge in [-0.1, -0.05) is 358 Å². The van der Waals surface area contributed by atoms with Crippen LogP contribution < -0.4 is 0 Å². The van der Waals surface area contributed by atoms with Gasteiger partial charge >= 0.3 is 17.9 Å². The Morgan fingerprint density at radius 1 is 0.253 bits per heavy atom. The molecule has 0 aromatic rings. The van der Waals surface area contributed by atoms with E-state index in [4.69, 9.17) is 14.2 Å². The fraction of sp³-hybridized carbons (Fsp3) is 0.857. The molecule has 0 N–H and O–H groups in total. The molecule has 0 aliphatic heterocycles. The van der Waals surface area contributed by atoms with Crippen molar-refractivity contribution in [3.63, 3.8) is 0 Å². The minimum atomic E-state index is -0.779. The zero-order valence-electron chi connectivity index (χ0n) is 56.0. The van der Waals surface area contributed by atoms with Gasteiger partial charge < -0.3 is 14.2 Å². The Labute approximate surface area is 518 Å². The Bertz CT molecular complexity index is 1430. The maximum Gasteiger partial charge on any atom is 0.306 e. The maximum absolute atomic E-state index is 13.0. The molecule has 0 aromatic heterocycles. The van der Waals surface area contributed by atoms with Crippen molar-refractivity contribution in [1.82, 2.24) is 0 Å². The second-order valence-electron chi connectivity index (χ2n) is 25.2. The lowest BCUT2D eigenvalue weighted by molar-refractivity contribution is -0.167. The summed E-state index contributed by atoms with van der Waals surface area (Å²) in [5.41, 5.74) is 0. The predicted molar refractivity (Wildman–Crippen MR) is 362 cm³/mol. The number of hydrogen-bond acceptors (Lipinski definition) is 6.